The Morgan fingerprint density at radius 2 is 1.77 bits per heavy atom. The molecule has 162 valence electrons. The van der Waals surface area contributed by atoms with Gasteiger partial charge in [0, 0.05) is 38.9 Å². The van der Waals surface area contributed by atoms with Crippen LogP contribution in [0, 0.1) is 13.8 Å². The quantitative estimate of drug-likeness (QED) is 0.581. The molecule has 2 aromatic carbocycles. The third kappa shape index (κ3) is 4.53. The normalized spacial score (nSPS) is 15.8. The number of aromatic nitrogens is 2. The molecule has 1 atom stereocenters. The van der Waals surface area contributed by atoms with E-state index in [2.05, 4.69) is 72.4 Å². The largest absolute Gasteiger partial charge is 0.335 e. The van der Waals surface area contributed by atoms with Gasteiger partial charge in [-0.15, -0.1) is 0 Å². The van der Waals surface area contributed by atoms with Crippen molar-refractivity contribution in [2.45, 2.75) is 33.4 Å². The maximum atomic E-state index is 13.0. The average Bonchev–Trinajstić information content (AvgIpc) is 3.18. The predicted octanol–water partition coefficient (Wildman–Crippen LogP) is 4.72. The maximum Gasteiger partial charge on any atom is 0.276 e. The van der Waals surface area contributed by atoms with E-state index < -0.39 is 0 Å². The zero-order valence-corrected chi connectivity index (χ0v) is 19.1. The van der Waals surface area contributed by atoms with Crippen LogP contribution >= 0.6 is 11.6 Å². The van der Waals surface area contributed by atoms with Crippen molar-refractivity contribution in [3.63, 3.8) is 0 Å². The maximum absolute atomic E-state index is 13.0. The number of carbonyl (C=O) groups excluding carboxylic acids is 1. The highest BCUT2D eigenvalue weighted by Gasteiger charge is 2.30. The predicted molar refractivity (Wildman–Crippen MR) is 125 cm³/mol. The van der Waals surface area contributed by atoms with Crippen LogP contribution in [-0.4, -0.2) is 51.7 Å². The van der Waals surface area contributed by atoms with E-state index in [1.807, 2.05) is 11.8 Å². The Labute approximate surface area is 189 Å². The summed E-state index contributed by atoms with van der Waals surface area (Å²) in [4.78, 5) is 17.4. The van der Waals surface area contributed by atoms with Crippen LogP contribution in [0.3, 0.4) is 0 Å². The fourth-order valence-corrected chi connectivity index (χ4v) is 4.55. The molecule has 1 aromatic heterocycles. The monoisotopic (exact) mass is 436 g/mol. The van der Waals surface area contributed by atoms with Crippen LogP contribution in [-0.2, 0) is 6.54 Å². The standard InChI is InChI=1S/C25H29ClN4O/c1-4-30-17-22(26)23(27-30)25(31)29-14-12-28(13-15-29)24(20-8-6-5-7-9-20)21-16-18(2)10-11-19(21)3/h5-11,16-17,24H,4,12-15H2,1-3H3/t24-/m0/s1. The van der Waals surface area contributed by atoms with Crippen LogP contribution < -0.4 is 0 Å². The van der Waals surface area contributed by atoms with Crippen molar-refractivity contribution in [2.75, 3.05) is 26.2 Å². The molecular formula is C25H29ClN4O. The minimum Gasteiger partial charge on any atom is -0.335 e. The van der Waals surface area contributed by atoms with Crippen molar-refractivity contribution in [3.05, 3.63) is 87.7 Å². The summed E-state index contributed by atoms with van der Waals surface area (Å²) >= 11 is 6.27. The van der Waals surface area contributed by atoms with Crippen molar-refractivity contribution in [1.82, 2.24) is 19.6 Å². The second-order valence-electron chi connectivity index (χ2n) is 8.18. The number of nitrogens with zero attached hydrogens (tertiary/aromatic N) is 4. The molecule has 2 heterocycles. The van der Waals surface area contributed by atoms with Gasteiger partial charge in [0.05, 0.1) is 11.1 Å². The van der Waals surface area contributed by atoms with Gasteiger partial charge in [0.2, 0.25) is 0 Å². The molecule has 1 aliphatic heterocycles. The lowest BCUT2D eigenvalue weighted by Gasteiger charge is -2.40. The summed E-state index contributed by atoms with van der Waals surface area (Å²) in [5.74, 6) is -0.0835. The van der Waals surface area contributed by atoms with Crippen LogP contribution in [0.2, 0.25) is 5.02 Å². The van der Waals surface area contributed by atoms with Gasteiger partial charge in [0.1, 0.15) is 0 Å². The number of rotatable bonds is 5. The molecule has 6 heteroatoms. The van der Waals surface area contributed by atoms with Gasteiger partial charge in [-0.05, 0) is 37.5 Å². The van der Waals surface area contributed by atoms with Gasteiger partial charge in [0.15, 0.2) is 5.69 Å². The second kappa shape index (κ2) is 9.25. The van der Waals surface area contributed by atoms with E-state index in [-0.39, 0.29) is 11.9 Å². The van der Waals surface area contributed by atoms with Gasteiger partial charge < -0.3 is 4.90 Å². The molecule has 1 amide bonds. The first-order valence-electron chi connectivity index (χ1n) is 10.9. The number of benzene rings is 2. The van der Waals surface area contributed by atoms with E-state index in [4.69, 9.17) is 11.6 Å². The van der Waals surface area contributed by atoms with Crippen LogP contribution in [0.4, 0.5) is 0 Å². The minimum absolute atomic E-state index is 0.0835. The minimum atomic E-state index is -0.0835. The zero-order valence-electron chi connectivity index (χ0n) is 18.4. The summed E-state index contributed by atoms with van der Waals surface area (Å²) in [5.41, 5.74) is 5.51. The molecule has 1 fully saturated rings. The number of hydrogen-bond acceptors (Lipinski definition) is 3. The van der Waals surface area contributed by atoms with Crippen LogP contribution in [0.25, 0.3) is 0 Å². The van der Waals surface area contributed by atoms with Crippen LogP contribution in [0.15, 0.2) is 54.7 Å². The Hall–Kier alpha value is -2.63. The molecule has 1 saturated heterocycles. The Morgan fingerprint density at radius 3 is 2.42 bits per heavy atom. The number of hydrogen-bond donors (Lipinski definition) is 0. The van der Waals surface area contributed by atoms with Gasteiger partial charge in [-0.1, -0.05) is 65.7 Å². The first kappa shape index (κ1) is 21.6. The lowest BCUT2D eigenvalue weighted by Crippen LogP contribution is -2.50. The van der Waals surface area contributed by atoms with Crippen molar-refractivity contribution in [3.8, 4) is 0 Å². The number of halogens is 1. The molecule has 5 nitrogen and oxygen atoms in total. The first-order valence-corrected chi connectivity index (χ1v) is 11.2. The highest BCUT2D eigenvalue weighted by atomic mass is 35.5. The molecule has 0 spiro atoms. The molecule has 3 aromatic rings. The molecule has 1 aliphatic rings. The molecule has 0 saturated carbocycles. The smallest absolute Gasteiger partial charge is 0.276 e. The zero-order chi connectivity index (χ0) is 22.0. The van der Waals surface area contributed by atoms with Crippen molar-refractivity contribution in [1.29, 1.82) is 0 Å². The lowest BCUT2D eigenvalue weighted by atomic mass is 9.92. The van der Waals surface area contributed by atoms with Gasteiger partial charge in [0.25, 0.3) is 5.91 Å². The Bertz CT molecular complexity index is 1050. The molecule has 4 rings (SSSR count). The summed E-state index contributed by atoms with van der Waals surface area (Å²) in [6.45, 7) is 9.89. The van der Waals surface area contributed by atoms with Gasteiger partial charge in [-0.25, -0.2) is 0 Å². The van der Waals surface area contributed by atoms with Crippen LogP contribution in [0.5, 0.6) is 0 Å². The Balaban J connectivity index is 1.56. The third-order valence-corrected chi connectivity index (χ3v) is 6.33. The number of amides is 1. The molecular weight excluding hydrogens is 408 g/mol. The summed E-state index contributed by atoms with van der Waals surface area (Å²) in [6.07, 6.45) is 1.72. The average molecular weight is 437 g/mol. The molecule has 0 N–H and O–H groups in total. The number of aryl methyl sites for hydroxylation is 3. The fraction of sp³-hybridized carbons (Fsp3) is 0.360. The van der Waals surface area contributed by atoms with E-state index in [0.717, 1.165) is 13.1 Å². The van der Waals surface area contributed by atoms with Gasteiger partial charge in [-0.3, -0.25) is 14.4 Å². The SMILES string of the molecule is CCn1cc(Cl)c(C(=O)N2CCN([C@@H](c3ccccc3)c3cc(C)ccc3C)CC2)n1. The van der Waals surface area contributed by atoms with E-state index in [9.17, 15) is 4.79 Å². The Kier molecular flexibility index (Phi) is 6.44. The molecule has 31 heavy (non-hydrogen) atoms. The number of piperazine rings is 1. The second-order valence-corrected chi connectivity index (χ2v) is 8.59. The van der Waals surface area contributed by atoms with Crippen molar-refractivity contribution >= 4 is 17.5 Å². The summed E-state index contributed by atoms with van der Waals surface area (Å²) < 4.78 is 1.71. The van der Waals surface area contributed by atoms with Gasteiger partial charge in [-0.2, -0.15) is 5.10 Å². The van der Waals surface area contributed by atoms with Crippen molar-refractivity contribution < 1.29 is 4.79 Å². The lowest BCUT2D eigenvalue weighted by molar-refractivity contribution is 0.0590. The molecule has 0 unspecified atom stereocenters. The van der Waals surface area contributed by atoms with Crippen molar-refractivity contribution in [2.24, 2.45) is 0 Å². The molecule has 0 bridgehead atoms. The summed E-state index contributed by atoms with van der Waals surface area (Å²) in [6, 6.07) is 17.5. The van der Waals surface area contributed by atoms with E-state index in [1.54, 1.807) is 10.9 Å². The highest BCUT2D eigenvalue weighted by Crippen LogP contribution is 2.32. The van der Waals surface area contributed by atoms with E-state index in [1.165, 1.54) is 22.3 Å². The third-order valence-electron chi connectivity index (χ3n) is 6.05. The van der Waals surface area contributed by atoms with Gasteiger partial charge >= 0.3 is 0 Å². The van der Waals surface area contributed by atoms with E-state index in [0.29, 0.717) is 30.4 Å². The van der Waals surface area contributed by atoms with Crippen LogP contribution in [0.1, 0.15) is 45.7 Å². The Morgan fingerprint density at radius 1 is 1.06 bits per heavy atom. The summed E-state index contributed by atoms with van der Waals surface area (Å²) in [7, 11) is 0. The highest BCUT2D eigenvalue weighted by molar-refractivity contribution is 6.33. The number of carbonyl (C=O) groups is 1. The molecule has 0 radical (unpaired) electrons. The summed E-state index contributed by atoms with van der Waals surface area (Å²) in [5, 5.41) is 4.78. The molecule has 0 aliphatic carbocycles. The first-order chi connectivity index (χ1) is 15.0. The fourth-order valence-electron chi connectivity index (χ4n) is 4.31. The van der Waals surface area contributed by atoms with E-state index >= 15 is 0 Å². The topological polar surface area (TPSA) is 41.4 Å².